The van der Waals surface area contributed by atoms with E-state index in [0.29, 0.717) is 0 Å². The second-order valence-electron chi connectivity index (χ2n) is 6.75. The topological polar surface area (TPSA) is 12.0 Å². The summed E-state index contributed by atoms with van der Waals surface area (Å²) in [6.45, 7) is 12.8. The first kappa shape index (κ1) is 13.0. The zero-order valence-electron chi connectivity index (χ0n) is 11.3. The lowest BCUT2D eigenvalue weighted by atomic mass is 9.75. The molecule has 0 spiro atoms. The van der Waals surface area contributed by atoms with Gasteiger partial charge in [-0.25, -0.2) is 0 Å². The van der Waals surface area contributed by atoms with Gasteiger partial charge < -0.3 is 5.32 Å². The molecule has 15 heavy (non-hydrogen) atoms. The molecule has 0 heterocycles. The molecule has 1 saturated carbocycles. The summed E-state index contributed by atoms with van der Waals surface area (Å²) in [5, 5.41) is 3.60. The normalized spacial score (nSPS) is 33.0. The molecular weight excluding hydrogens is 182 g/mol. The van der Waals surface area contributed by atoms with Gasteiger partial charge in [0, 0.05) is 5.54 Å². The fraction of sp³-hybridized carbons (Fsp3) is 1.00. The molecule has 0 aliphatic heterocycles. The quantitative estimate of drug-likeness (QED) is 0.748. The monoisotopic (exact) mass is 211 g/mol. The minimum Gasteiger partial charge on any atom is -0.312 e. The molecule has 90 valence electrons. The summed E-state index contributed by atoms with van der Waals surface area (Å²) in [7, 11) is 0. The van der Waals surface area contributed by atoms with E-state index in [1.54, 1.807) is 0 Å². The van der Waals surface area contributed by atoms with Crippen molar-refractivity contribution in [3.8, 4) is 0 Å². The third-order valence-corrected chi connectivity index (χ3v) is 3.48. The number of rotatable bonds is 3. The second-order valence-corrected chi connectivity index (χ2v) is 6.75. The van der Waals surface area contributed by atoms with Crippen molar-refractivity contribution >= 4 is 0 Å². The van der Waals surface area contributed by atoms with Crippen LogP contribution >= 0.6 is 0 Å². The molecule has 0 aromatic rings. The molecular formula is C14H29N. The second kappa shape index (κ2) is 5.34. The molecule has 2 atom stereocenters. The highest BCUT2D eigenvalue weighted by Gasteiger charge is 2.23. The largest absolute Gasteiger partial charge is 0.312 e. The van der Waals surface area contributed by atoms with Crippen LogP contribution in [0.3, 0.4) is 0 Å². The molecule has 0 bridgehead atoms. The van der Waals surface area contributed by atoms with Crippen LogP contribution in [-0.4, -0.2) is 12.1 Å². The molecule has 1 N–H and O–H groups in total. The zero-order valence-corrected chi connectivity index (χ0v) is 11.3. The SMILES string of the molecule is CC1CC(C)CC(CCNC(C)(C)C)C1. The standard InChI is InChI=1S/C14H29N/c1-11-8-12(2)10-13(9-11)6-7-15-14(3,4)5/h11-13,15H,6-10H2,1-5H3. The molecule has 0 aromatic carbocycles. The summed E-state index contributed by atoms with van der Waals surface area (Å²) >= 11 is 0. The maximum Gasteiger partial charge on any atom is 0.00965 e. The van der Waals surface area contributed by atoms with Crippen molar-refractivity contribution in [2.24, 2.45) is 17.8 Å². The highest BCUT2D eigenvalue weighted by molar-refractivity contribution is 4.77. The van der Waals surface area contributed by atoms with E-state index in [2.05, 4.69) is 39.9 Å². The molecule has 2 unspecified atom stereocenters. The summed E-state index contributed by atoms with van der Waals surface area (Å²) in [4.78, 5) is 0. The van der Waals surface area contributed by atoms with Crippen LogP contribution in [0.4, 0.5) is 0 Å². The van der Waals surface area contributed by atoms with Crippen LogP contribution in [0.15, 0.2) is 0 Å². The smallest absolute Gasteiger partial charge is 0.00965 e. The number of hydrogen-bond donors (Lipinski definition) is 1. The van der Waals surface area contributed by atoms with Crippen molar-refractivity contribution in [2.75, 3.05) is 6.54 Å². The summed E-state index contributed by atoms with van der Waals surface area (Å²) < 4.78 is 0. The van der Waals surface area contributed by atoms with E-state index in [1.165, 1.54) is 32.2 Å². The highest BCUT2D eigenvalue weighted by atomic mass is 14.9. The molecule has 1 aliphatic rings. The lowest BCUT2D eigenvalue weighted by Crippen LogP contribution is -2.37. The van der Waals surface area contributed by atoms with E-state index in [9.17, 15) is 0 Å². The van der Waals surface area contributed by atoms with Crippen molar-refractivity contribution in [1.29, 1.82) is 0 Å². The number of hydrogen-bond acceptors (Lipinski definition) is 1. The van der Waals surface area contributed by atoms with Crippen LogP contribution in [0.2, 0.25) is 0 Å². The third-order valence-electron chi connectivity index (χ3n) is 3.48. The summed E-state index contributed by atoms with van der Waals surface area (Å²) in [6, 6.07) is 0. The van der Waals surface area contributed by atoms with Crippen LogP contribution in [-0.2, 0) is 0 Å². The van der Waals surface area contributed by atoms with Crippen LogP contribution in [0, 0.1) is 17.8 Å². The molecule has 1 rings (SSSR count). The van der Waals surface area contributed by atoms with Gasteiger partial charge in [0.05, 0.1) is 0 Å². The molecule has 1 fully saturated rings. The van der Waals surface area contributed by atoms with Gasteiger partial charge in [0.2, 0.25) is 0 Å². The lowest BCUT2D eigenvalue weighted by molar-refractivity contribution is 0.205. The average Bonchev–Trinajstić information content (AvgIpc) is 1.99. The van der Waals surface area contributed by atoms with Gasteiger partial charge in [-0.1, -0.05) is 13.8 Å². The van der Waals surface area contributed by atoms with Crippen molar-refractivity contribution < 1.29 is 0 Å². The first-order valence-corrected chi connectivity index (χ1v) is 6.62. The van der Waals surface area contributed by atoms with Gasteiger partial charge >= 0.3 is 0 Å². The Morgan fingerprint density at radius 2 is 1.53 bits per heavy atom. The van der Waals surface area contributed by atoms with Crippen LogP contribution in [0.25, 0.3) is 0 Å². The van der Waals surface area contributed by atoms with Gasteiger partial charge in [-0.05, 0) is 70.8 Å². The fourth-order valence-corrected chi connectivity index (χ4v) is 3.00. The van der Waals surface area contributed by atoms with Crippen LogP contribution in [0.1, 0.15) is 60.3 Å². The van der Waals surface area contributed by atoms with Crippen molar-refractivity contribution in [1.82, 2.24) is 5.32 Å². The molecule has 0 aromatic heterocycles. The lowest BCUT2D eigenvalue weighted by Gasteiger charge is -2.32. The maximum absolute atomic E-state index is 3.60. The minimum atomic E-state index is 0.284. The Balaban J connectivity index is 2.21. The minimum absolute atomic E-state index is 0.284. The van der Waals surface area contributed by atoms with Gasteiger partial charge in [0.25, 0.3) is 0 Å². The average molecular weight is 211 g/mol. The van der Waals surface area contributed by atoms with Crippen LogP contribution in [0.5, 0.6) is 0 Å². The van der Waals surface area contributed by atoms with Crippen molar-refractivity contribution in [3.63, 3.8) is 0 Å². The Hall–Kier alpha value is -0.0400. The van der Waals surface area contributed by atoms with E-state index in [0.717, 1.165) is 17.8 Å². The molecule has 0 radical (unpaired) electrons. The van der Waals surface area contributed by atoms with E-state index < -0.39 is 0 Å². The third kappa shape index (κ3) is 5.55. The van der Waals surface area contributed by atoms with E-state index in [4.69, 9.17) is 0 Å². The molecule has 1 heteroatoms. The van der Waals surface area contributed by atoms with E-state index in [-0.39, 0.29) is 5.54 Å². The van der Waals surface area contributed by atoms with Gasteiger partial charge in [-0.15, -0.1) is 0 Å². The number of nitrogens with one attached hydrogen (secondary N) is 1. The summed E-state index contributed by atoms with van der Waals surface area (Å²) in [5.74, 6) is 2.88. The summed E-state index contributed by atoms with van der Waals surface area (Å²) in [5.41, 5.74) is 0.284. The van der Waals surface area contributed by atoms with Gasteiger partial charge in [0.15, 0.2) is 0 Å². The van der Waals surface area contributed by atoms with Gasteiger partial charge in [-0.3, -0.25) is 0 Å². The maximum atomic E-state index is 3.60. The Bertz CT molecular complexity index is 170. The Labute approximate surface area is 96.0 Å². The van der Waals surface area contributed by atoms with Crippen LogP contribution < -0.4 is 5.32 Å². The first-order valence-electron chi connectivity index (χ1n) is 6.62. The van der Waals surface area contributed by atoms with Crippen molar-refractivity contribution in [2.45, 2.75) is 65.8 Å². The highest BCUT2D eigenvalue weighted by Crippen LogP contribution is 2.34. The zero-order chi connectivity index (χ0) is 11.5. The Kier molecular flexibility index (Phi) is 4.64. The predicted molar refractivity (Wildman–Crippen MR) is 68.0 cm³/mol. The van der Waals surface area contributed by atoms with Gasteiger partial charge in [0.1, 0.15) is 0 Å². The van der Waals surface area contributed by atoms with E-state index >= 15 is 0 Å². The Morgan fingerprint density at radius 3 is 2.00 bits per heavy atom. The fourth-order valence-electron chi connectivity index (χ4n) is 3.00. The molecule has 1 nitrogen and oxygen atoms in total. The predicted octanol–water partition coefficient (Wildman–Crippen LogP) is 3.84. The van der Waals surface area contributed by atoms with Gasteiger partial charge in [-0.2, -0.15) is 0 Å². The van der Waals surface area contributed by atoms with E-state index in [1.807, 2.05) is 0 Å². The van der Waals surface area contributed by atoms with Crippen molar-refractivity contribution in [3.05, 3.63) is 0 Å². The molecule has 0 saturated heterocycles. The summed E-state index contributed by atoms with van der Waals surface area (Å²) in [6.07, 6.45) is 5.72. The first-order chi connectivity index (χ1) is 6.87. The Morgan fingerprint density at radius 1 is 1.00 bits per heavy atom. The molecule has 1 aliphatic carbocycles. The molecule has 0 amide bonds.